The summed E-state index contributed by atoms with van der Waals surface area (Å²) in [5.74, 6) is 0.0324. The summed E-state index contributed by atoms with van der Waals surface area (Å²) in [6.45, 7) is 2.39. The summed E-state index contributed by atoms with van der Waals surface area (Å²) in [5.41, 5.74) is 0.401. The maximum atomic E-state index is 12.3. The van der Waals surface area contributed by atoms with Crippen molar-refractivity contribution in [2.45, 2.75) is 77.6 Å². The van der Waals surface area contributed by atoms with Gasteiger partial charge in [0.15, 0.2) is 0 Å². The van der Waals surface area contributed by atoms with E-state index in [1.807, 2.05) is 13.0 Å². The van der Waals surface area contributed by atoms with Crippen molar-refractivity contribution in [3.63, 3.8) is 0 Å². The van der Waals surface area contributed by atoms with Gasteiger partial charge in [0.25, 0.3) is 0 Å². The molecule has 0 saturated heterocycles. The van der Waals surface area contributed by atoms with E-state index in [1.165, 1.54) is 44.9 Å². The van der Waals surface area contributed by atoms with Gasteiger partial charge in [0, 0.05) is 0 Å². The lowest BCUT2D eigenvalue weighted by Crippen LogP contribution is -2.12. The van der Waals surface area contributed by atoms with Crippen LogP contribution >= 0.6 is 0 Å². The number of ether oxygens (including phenoxy) is 1. The van der Waals surface area contributed by atoms with Crippen LogP contribution in [0.2, 0.25) is 0 Å². The molecule has 1 saturated carbocycles. The molecule has 25 heavy (non-hydrogen) atoms. The van der Waals surface area contributed by atoms with Crippen LogP contribution in [0.4, 0.5) is 0 Å². The van der Waals surface area contributed by atoms with Gasteiger partial charge in [0.2, 0.25) is 0 Å². The minimum absolute atomic E-state index is 0.401. The Morgan fingerprint density at radius 1 is 0.880 bits per heavy atom. The lowest BCUT2D eigenvalue weighted by molar-refractivity contribution is -0.237. The SMILES string of the molecule is CCOc1ccccc1C(=O)OO[C]1CCCCCCCCCCC1. The Balaban J connectivity index is 1.85. The standard InChI is InChI=1S/C21H31O4/c1-2-23-20-17-13-12-16-19(20)21(22)25-24-18-14-10-8-6-4-3-5-7-9-11-15-18/h12-13,16-17H,2-11,14-15H2,1H3. The van der Waals surface area contributed by atoms with Gasteiger partial charge in [-0.3, -0.25) is 4.89 Å². The van der Waals surface area contributed by atoms with E-state index < -0.39 is 5.97 Å². The first-order valence-electron chi connectivity index (χ1n) is 9.76. The average Bonchev–Trinajstić information content (AvgIpc) is 2.62. The van der Waals surface area contributed by atoms with Crippen molar-refractivity contribution in [1.82, 2.24) is 0 Å². The highest BCUT2D eigenvalue weighted by molar-refractivity contribution is 5.92. The van der Waals surface area contributed by atoms with Crippen molar-refractivity contribution in [1.29, 1.82) is 0 Å². The average molecular weight is 347 g/mol. The van der Waals surface area contributed by atoms with Gasteiger partial charge in [0.05, 0.1) is 6.61 Å². The molecule has 1 fully saturated rings. The number of carbonyl (C=O) groups is 1. The molecule has 1 radical (unpaired) electrons. The van der Waals surface area contributed by atoms with E-state index in [0.717, 1.165) is 31.8 Å². The number of rotatable bonds is 5. The van der Waals surface area contributed by atoms with Crippen molar-refractivity contribution in [2.75, 3.05) is 6.61 Å². The largest absolute Gasteiger partial charge is 0.493 e. The second-order valence-corrected chi connectivity index (χ2v) is 6.60. The Hall–Kier alpha value is -1.55. The zero-order chi connectivity index (χ0) is 17.7. The topological polar surface area (TPSA) is 44.8 Å². The fraction of sp³-hybridized carbons (Fsp3) is 0.619. The Labute approximate surface area is 151 Å². The van der Waals surface area contributed by atoms with E-state index >= 15 is 0 Å². The van der Waals surface area contributed by atoms with Gasteiger partial charge in [-0.05, 0) is 31.9 Å². The highest BCUT2D eigenvalue weighted by atomic mass is 17.2. The molecule has 4 nitrogen and oxygen atoms in total. The van der Waals surface area contributed by atoms with Crippen molar-refractivity contribution in [2.24, 2.45) is 0 Å². The minimum Gasteiger partial charge on any atom is -0.493 e. The number of benzene rings is 1. The second-order valence-electron chi connectivity index (χ2n) is 6.60. The van der Waals surface area contributed by atoms with E-state index in [4.69, 9.17) is 14.5 Å². The fourth-order valence-corrected chi connectivity index (χ4v) is 3.15. The molecular weight excluding hydrogens is 316 g/mol. The smallest absolute Gasteiger partial charge is 0.376 e. The quantitative estimate of drug-likeness (QED) is 0.483. The number of hydrogen-bond acceptors (Lipinski definition) is 4. The van der Waals surface area contributed by atoms with Crippen LogP contribution in [0.25, 0.3) is 0 Å². The number of hydrogen-bond donors (Lipinski definition) is 0. The lowest BCUT2D eigenvalue weighted by Gasteiger charge is -2.16. The van der Waals surface area contributed by atoms with Crippen LogP contribution in [0.1, 0.15) is 87.9 Å². The van der Waals surface area contributed by atoms with Gasteiger partial charge < -0.3 is 4.74 Å². The summed E-state index contributed by atoms with van der Waals surface area (Å²) < 4.78 is 5.48. The third kappa shape index (κ3) is 7.47. The van der Waals surface area contributed by atoms with Crippen LogP contribution in [0.5, 0.6) is 5.75 Å². The van der Waals surface area contributed by atoms with Crippen LogP contribution < -0.4 is 4.74 Å². The molecule has 139 valence electrons. The summed E-state index contributed by atoms with van der Waals surface area (Å²) >= 11 is 0. The molecule has 0 spiro atoms. The van der Waals surface area contributed by atoms with Crippen molar-refractivity contribution in [3.05, 3.63) is 35.9 Å². The maximum absolute atomic E-state index is 12.3. The summed E-state index contributed by atoms with van der Waals surface area (Å²) in [6, 6.07) is 7.10. The third-order valence-corrected chi connectivity index (χ3v) is 4.55. The van der Waals surface area contributed by atoms with Crippen molar-refractivity contribution < 1.29 is 19.3 Å². The van der Waals surface area contributed by atoms with Crippen LogP contribution in [0.3, 0.4) is 0 Å². The van der Waals surface area contributed by atoms with E-state index in [0.29, 0.717) is 17.9 Å². The zero-order valence-electron chi connectivity index (χ0n) is 15.4. The van der Waals surface area contributed by atoms with E-state index in [-0.39, 0.29) is 0 Å². The first kappa shape index (κ1) is 19.8. The molecule has 0 amide bonds. The lowest BCUT2D eigenvalue weighted by atomic mass is 9.99. The molecule has 0 heterocycles. The number of carbonyl (C=O) groups excluding carboxylic acids is 1. The molecule has 0 N–H and O–H groups in total. The monoisotopic (exact) mass is 347 g/mol. The summed E-state index contributed by atoms with van der Waals surface area (Å²) in [4.78, 5) is 22.9. The third-order valence-electron chi connectivity index (χ3n) is 4.55. The fourth-order valence-electron chi connectivity index (χ4n) is 3.15. The Morgan fingerprint density at radius 3 is 2.04 bits per heavy atom. The zero-order valence-corrected chi connectivity index (χ0v) is 15.4. The first-order valence-corrected chi connectivity index (χ1v) is 9.76. The molecular formula is C21H31O4. The minimum atomic E-state index is -0.498. The maximum Gasteiger partial charge on any atom is 0.376 e. The first-order chi connectivity index (χ1) is 12.3. The molecule has 4 heteroatoms. The molecule has 1 aromatic rings. The predicted molar refractivity (Wildman–Crippen MR) is 98.1 cm³/mol. The van der Waals surface area contributed by atoms with Gasteiger partial charge in [-0.15, -0.1) is 0 Å². The van der Waals surface area contributed by atoms with E-state index in [9.17, 15) is 4.79 Å². The molecule has 2 rings (SSSR count). The summed E-state index contributed by atoms with van der Waals surface area (Å²) in [6.07, 6.45) is 13.9. The summed E-state index contributed by atoms with van der Waals surface area (Å²) in [5, 5.41) is 0. The second kappa shape index (κ2) is 11.9. The molecule has 0 aliphatic heterocycles. The normalized spacial score (nSPS) is 18.0. The molecule has 1 aromatic carbocycles. The van der Waals surface area contributed by atoms with E-state index in [1.54, 1.807) is 18.2 Å². The molecule has 1 aliphatic rings. The van der Waals surface area contributed by atoms with Gasteiger partial charge in [-0.2, -0.15) is 4.89 Å². The van der Waals surface area contributed by atoms with Crippen LogP contribution in [0, 0.1) is 6.10 Å². The molecule has 0 aromatic heterocycles. The van der Waals surface area contributed by atoms with Gasteiger partial charge >= 0.3 is 5.97 Å². The predicted octanol–water partition coefficient (Wildman–Crippen LogP) is 6.01. The van der Waals surface area contributed by atoms with Crippen LogP contribution in [0.15, 0.2) is 24.3 Å². The van der Waals surface area contributed by atoms with Gasteiger partial charge in [-0.25, -0.2) is 4.79 Å². The Morgan fingerprint density at radius 2 is 1.44 bits per heavy atom. The highest BCUT2D eigenvalue weighted by Crippen LogP contribution is 2.25. The van der Waals surface area contributed by atoms with Crippen LogP contribution in [-0.4, -0.2) is 12.6 Å². The molecule has 1 aliphatic carbocycles. The molecule has 0 bridgehead atoms. The van der Waals surface area contributed by atoms with E-state index in [2.05, 4.69) is 0 Å². The number of para-hydroxylation sites is 1. The van der Waals surface area contributed by atoms with Gasteiger partial charge in [0.1, 0.15) is 17.4 Å². The van der Waals surface area contributed by atoms with Crippen molar-refractivity contribution in [3.8, 4) is 5.75 Å². The Bertz CT molecular complexity index is 488. The summed E-state index contributed by atoms with van der Waals surface area (Å²) in [7, 11) is 0. The molecule has 0 unspecified atom stereocenters. The Kier molecular flexibility index (Phi) is 9.42. The molecule has 0 atom stereocenters. The van der Waals surface area contributed by atoms with Gasteiger partial charge in [-0.1, -0.05) is 69.9 Å². The van der Waals surface area contributed by atoms with Crippen LogP contribution in [-0.2, 0) is 9.78 Å². The highest BCUT2D eigenvalue weighted by Gasteiger charge is 2.19. The van der Waals surface area contributed by atoms with Crippen molar-refractivity contribution >= 4 is 5.97 Å².